The second kappa shape index (κ2) is 7.36. The van der Waals surface area contributed by atoms with Crippen LogP contribution in [0.15, 0.2) is 18.2 Å². The zero-order valence-electron chi connectivity index (χ0n) is 14.6. The third-order valence-corrected chi connectivity index (χ3v) is 5.13. The van der Waals surface area contributed by atoms with E-state index in [0.717, 1.165) is 63.0 Å². The quantitative estimate of drug-likeness (QED) is 0.855. The summed E-state index contributed by atoms with van der Waals surface area (Å²) in [5.74, 6) is -0.856. The van der Waals surface area contributed by atoms with Gasteiger partial charge < -0.3 is 19.9 Å². The number of nitrogens with zero attached hydrogens (tertiary/aromatic N) is 2. The molecule has 1 aromatic heterocycles. The van der Waals surface area contributed by atoms with Crippen molar-refractivity contribution in [3.8, 4) is 0 Å². The largest absolute Gasteiger partial charge is 0.478 e. The first-order valence-electron chi connectivity index (χ1n) is 8.90. The minimum Gasteiger partial charge on any atom is -0.478 e. The number of carbonyl (C=O) groups is 1. The molecular weight excluding hydrogens is 302 g/mol. The molecule has 0 atom stereocenters. The highest BCUT2D eigenvalue weighted by atomic mass is 16.4. The molecule has 5 heteroatoms. The first-order valence-corrected chi connectivity index (χ1v) is 8.90. The van der Waals surface area contributed by atoms with Gasteiger partial charge >= 0.3 is 5.97 Å². The molecule has 0 unspecified atom stereocenters. The van der Waals surface area contributed by atoms with Crippen LogP contribution >= 0.6 is 0 Å². The zero-order valence-corrected chi connectivity index (χ0v) is 14.6. The molecule has 0 amide bonds. The van der Waals surface area contributed by atoms with Crippen LogP contribution in [0, 0.1) is 6.92 Å². The summed E-state index contributed by atoms with van der Waals surface area (Å²) in [5.41, 5.74) is 4.11. The van der Waals surface area contributed by atoms with E-state index < -0.39 is 5.97 Å². The molecular formula is C19H27N3O2. The molecule has 2 heterocycles. The first kappa shape index (κ1) is 17.0. The molecule has 1 aliphatic rings. The predicted molar refractivity (Wildman–Crippen MR) is 96.9 cm³/mol. The van der Waals surface area contributed by atoms with E-state index in [0.29, 0.717) is 5.56 Å². The summed E-state index contributed by atoms with van der Waals surface area (Å²) < 4.78 is 2.29. The number of carboxylic acid groups (broad SMARTS) is 1. The molecule has 2 aromatic rings. The van der Waals surface area contributed by atoms with E-state index in [1.165, 1.54) is 11.3 Å². The van der Waals surface area contributed by atoms with Gasteiger partial charge in [-0.15, -0.1) is 0 Å². The number of fused-ring (bicyclic) bond motifs is 1. The second-order valence-corrected chi connectivity index (χ2v) is 6.54. The fourth-order valence-electron chi connectivity index (χ4n) is 3.82. The van der Waals surface area contributed by atoms with Gasteiger partial charge in [-0.3, -0.25) is 0 Å². The van der Waals surface area contributed by atoms with Gasteiger partial charge in [-0.1, -0.05) is 0 Å². The van der Waals surface area contributed by atoms with Crippen molar-refractivity contribution in [1.29, 1.82) is 0 Å². The van der Waals surface area contributed by atoms with Crippen molar-refractivity contribution in [2.45, 2.75) is 33.2 Å². The van der Waals surface area contributed by atoms with E-state index in [-0.39, 0.29) is 0 Å². The Kier molecular flexibility index (Phi) is 5.21. The number of hydrogen-bond donors (Lipinski definition) is 2. The van der Waals surface area contributed by atoms with Crippen LogP contribution in [0.2, 0.25) is 0 Å². The van der Waals surface area contributed by atoms with Crippen molar-refractivity contribution < 1.29 is 9.90 Å². The van der Waals surface area contributed by atoms with Gasteiger partial charge in [0, 0.05) is 49.3 Å². The fraction of sp³-hybridized carbons (Fsp3) is 0.526. The van der Waals surface area contributed by atoms with Crippen molar-refractivity contribution in [2.24, 2.45) is 0 Å². The highest BCUT2D eigenvalue weighted by molar-refractivity contribution is 5.95. The van der Waals surface area contributed by atoms with E-state index in [4.69, 9.17) is 0 Å². The monoisotopic (exact) mass is 329 g/mol. The number of aryl methyl sites for hydroxylation is 2. The standard InChI is InChI=1S/C19H27N3O2/c1-3-22-14(2)16(5-4-10-21-11-8-20-9-12-21)17-13-15(19(23)24)6-7-18(17)22/h6-7,13,20H,3-5,8-12H2,1-2H3,(H,23,24). The molecule has 24 heavy (non-hydrogen) atoms. The van der Waals surface area contributed by atoms with E-state index >= 15 is 0 Å². The van der Waals surface area contributed by atoms with E-state index in [2.05, 4.69) is 28.6 Å². The molecule has 0 spiro atoms. The van der Waals surface area contributed by atoms with Crippen molar-refractivity contribution in [2.75, 3.05) is 32.7 Å². The highest BCUT2D eigenvalue weighted by Crippen LogP contribution is 2.28. The first-order chi connectivity index (χ1) is 11.6. The molecule has 0 radical (unpaired) electrons. The van der Waals surface area contributed by atoms with Crippen LogP contribution in [0.5, 0.6) is 0 Å². The molecule has 1 fully saturated rings. The molecule has 3 rings (SSSR count). The third-order valence-electron chi connectivity index (χ3n) is 5.13. The number of rotatable bonds is 6. The summed E-state index contributed by atoms with van der Waals surface area (Å²) in [7, 11) is 0. The topological polar surface area (TPSA) is 57.5 Å². The maximum Gasteiger partial charge on any atom is 0.335 e. The average Bonchev–Trinajstić information content (AvgIpc) is 2.86. The van der Waals surface area contributed by atoms with Crippen LogP contribution in [-0.4, -0.2) is 53.3 Å². The summed E-state index contributed by atoms with van der Waals surface area (Å²) in [6, 6.07) is 5.51. The Hall–Kier alpha value is -1.85. The molecule has 130 valence electrons. The Bertz CT molecular complexity index is 730. The van der Waals surface area contributed by atoms with Gasteiger partial charge in [0.05, 0.1) is 5.56 Å². The van der Waals surface area contributed by atoms with Crippen LogP contribution in [0.25, 0.3) is 10.9 Å². The Labute approximate surface area is 143 Å². The van der Waals surface area contributed by atoms with E-state index in [9.17, 15) is 9.90 Å². The smallest absolute Gasteiger partial charge is 0.335 e. The number of nitrogens with one attached hydrogen (secondary N) is 1. The third kappa shape index (κ3) is 3.32. The van der Waals surface area contributed by atoms with Gasteiger partial charge in [-0.05, 0) is 57.0 Å². The number of carboxylic acids is 1. The van der Waals surface area contributed by atoms with Gasteiger partial charge in [0.25, 0.3) is 0 Å². The number of hydrogen-bond acceptors (Lipinski definition) is 3. The zero-order chi connectivity index (χ0) is 17.1. The maximum absolute atomic E-state index is 11.3. The number of aromatic nitrogens is 1. The second-order valence-electron chi connectivity index (χ2n) is 6.54. The van der Waals surface area contributed by atoms with E-state index in [1.54, 1.807) is 6.07 Å². The van der Waals surface area contributed by atoms with Gasteiger partial charge in [-0.2, -0.15) is 0 Å². The maximum atomic E-state index is 11.3. The molecule has 1 saturated heterocycles. The molecule has 5 nitrogen and oxygen atoms in total. The Morgan fingerprint density at radius 2 is 2.04 bits per heavy atom. The lowest BCUT2D eigenvalue weighted by Gasteiger charge is -2.27. The van der Waals surface area contributed by atoms with Crippen LogP contribution in [0.3, 0.4) is 0 Å². The Balaban J connectivity index is 1.83. The van der Waals surface area contributed by atoms with Crippen LogP contribution in [0.1, 0.15) is 35.0 Å². The molecule has 0 saturated carbocycles. The van der Waals surface area contributed by atoms with Gasteiger partial charge in [-0.25, -0.2) is 4.79 Å². The van der Waals surface area contributed by atoms with Gasteiger partial charge in [0.15, 0.2) is 0 Å². The van der Waals surface area contributed by atoms with Crippen LogP contribution < -0.4 is 5.32 Å². The highest BCUT2D eigenvalue weighted by Gasteiger charge is 2.16. The van der Waals surface area contributed by atoms with Gasteiger partial charge in [0.1, 0.15) is 0 Å². The molecule has 1 aromatic carbocycles. The van der Waals surface area contributed by atoms with Gasteiger partial charge in [0.2, 0.25) is 0 Å². The molecule has 1 aliphatic heterocycles. The van der Waals surface area contributed by atoms with Crippen molar-refractivity contribution >= 4 is 16.9 Å². The van der Waals surface area contributed by atoms with Crippen molar-refractivity contribution in [3.05, 3.63) is 35.0 Å². The summed E-state index contributed by atoms with van der Waals surface area (Å²) in [6.07, 6.45) is 2.11. The Morgan fingerprint density at radius 1 is 1.29 bits per heavy atom. The number of benzene rings is 1. The Morgan fingerprint density at radius 3 is 2.71 bits per heavy atom. The van der Waals surface area contributed by atoms with Crippen molar-refractivity contribution in [1.82, 2.24) is 14.8 Å². The summed E-state index contributed by atoms with van der Waals surface area (Å²) in [6.45, 7) is 10.7. The SMILES string of the molecule is CCn1c(C)c(CCCN2CCNCC2)c2cc(C(=O)O)ccc21. The average molecular weight is 329 g/mol. The van der Waals surface area contributed by atoms with Crippen molar-refractivity contribution in [3.63, 3.8) is 0 Å². The molecule has 0 bridgehead atoms. The van der Waals surface area contributed by atoms with E-state index in [1.807, 2.05) is 12.1 Å². The lowest BCUT2D eigenvalue weighted by molar-refractivity contribution is 0.0697. The van der Waals surface area contributed by atoms with Crippen LogP contribution in [0.4, 0.5) is 0 Å². The summed E-state index contributed by atoms with van der Waals surface area (Å²) >= 11 is 0. The minimum atomic E-state index is -0.856. The predicted octanol–water partition coefficient (Wildman–Crippen LogP) is 2.51. The summed E-state index contributed by atoms with van der Waals surface area (Å²) in [4.78, 5) is 13.8. The number of aromatic carboxylic acids is 1. The summed E-state index contributed by atoms with van der Waals surface area (Å²) in [5, 5.41) is 13.8. The normalized spacial score (nSPS) is 15.9. The lowest BCUT2D eigenvalue weighted by Crippen LogP contribution is -2.43. The molecule has 0 aliphatic carbocycles. The lowest BCUT2D eigenvalue weighted by atomic mass is 10.0. The number of piperazine rings is 1. The molecule has 2 N–H and O–H groups in total. The minimum absolute atomic E-state index is 0.374. The fourth-order valence-corrected chi connectivity index (χ4v) is 3.82. The van der Waals surface area contributed by atoms with Crippen LogP contribution in [-0.2, 0) is 13.0 Å².